The summed E-state index contributed by atoms with van der Waals surface area (Å²) in [6.45, 7) is 1.35. The summed E-state index contributed by atoms with van der Waals surface area (Å²) in [6.07, 6.45) is 3.83. The molecule has 0 bridgehead atoms. The van der Waals surface area contributed by atoms with Crippen LogP contribution in [0.15, 0.2) is 77.9 Å². The van der Waals surface area contributed by atoms with Crippen LogP contribution in [0.2, 0.25) is 10.0 Å². The Morgan fingerprint density at radius 1 is 0.887 bits per heavy atom. The van der Waals surface area contributed by atoms with Gasteiger partial charge in [-0.15, -0.1) is 0 Å². The van der Waals surface area contributed by atoms with Gasteiger partial charge < -0.3 is 26.0 Å². The number of halogens is 4. The van der Waals surface area contributed by atoms with E-state index in [1.807, 2.05) is 48.5 Å². The van der Waals surface area contributed by atoms with E-state index in [4.69, 9.17) is 32.9 Å². The molecule has 0 radical (unpaired) electrons. The van der Waals surface area contributed by atoms with Crippen molar-refractivity contribution in [3.8, 4) is 39.4 Å². The molecular formula is C38H35Cl2F2N7O4. The fourth-order valence-electron chi connectivity index (χ4n) is 6.69. The molecule has 2 amide bonds. The summed E-state index contributed by atoms with van der Waals surface area (Å²) >= 11 is 14.1. The molecule has 2 aliphatic heterocycles. The Kier molecular flexibility index (Phi) is 10.4. The summed E-state index contributed by atoms with van der Waals surface area (Å²) in [4.78, 5) is 45.4. The van der Waals surface area contributed by atoms with Crippen molar-refractivity contribution >= 4 is 40.7 Å². The van der Waals surface area contributed by atoms with E-state index in [-0.39, 0.29) is 30.6 Å². The number of rotatable bonds is 12. The van der Waals surface area contributed by atoms with Crippen LogP contribution in [-0.2, 0) is 22.7 Å². The van der Waals surface area contributed by atoms with Crippen molar-refractivity contribution in [2.45, 2.75) is 50.4 Å². The lowest BCUT2D eigenvalue weighted by molar-refractivity contribution is -0.139. The van der Waals surface area contributed by atoms with Crippen LogP contribution >= 0.6 is 23.2 Å². The van der Waals surface area contributed by atoms with Gasteiger partial charge in [0.2, 0.25) is 11.8 Å². The summed E-state index contributed by atoms with van der Waals surface area (Å²) in [6, 6.07) is 18.0. The zero-order chi connectivity index (χ0) is 37.3. The normalized spacial score (nSPS) is 18.0. The molecule has 3 aromatic heterocycles. The minimum Gasteiger partial charge on any atom is -0.481 e. The molecule has 274 valence electrons. The van der Waals surface area contributed by atoms with Crippen LogP contribution < -0.4 is 31.6 Å². The van der Waals surface area contributed by atoms with Crippen LogP contribution in [0.4, 0.5) is 8.78 Å². The number of methoxy groups -OCH3 is 1. The van der Waals surface area contributed by atoms with Crippen molar-refractivity contribution in [2.24, 2.45) is 0 Å². The van der Waals surface area contributed by atoms with Crippen molar-refractivity contribution in [1.82, 2.24) is 35.6 Å². The number of nitrogens with one attached hydrogen (secondary N) is 4. The van der Waals surface area contributed by atoms with Gasteiger partial charge in [-0.2, -0.15) is 8.78 Å². The molecular weight excluding hydrogens is 727 g/mol. The lowest BCUT2D eigenvalue weighted by Gasteiger charge is -2.16. The molecule has 7 rings (SSSR count). The number of carbonyl (C=O) groups excluding carboxylic acids is 2. The minimum atomic E-state index is -3.39. The molecule has 0 unspecified atom stereocenters. The van der Waals surface area contributed by atoms with Crippen molar-refractivity contribution in [1.29, 1.82) is 0 Å². The van der Waals surface area contributed by atoms with Gasteiger partial charge in [0.05, 0.1) is 22.8 Å². The Balaban J connectivity index is 1.09. The monoisotopic (exact) mass is 761 g/mol. The zero-order valence-corrected chi connectivity index (χ0v) is 30.0. The van der Waals surface area contributed by atoms with Gasteiger partial charge in [0.1, 0.15) is 5.65 Å². The van der Waals surface area contributed by atoms with Gasteiger partial charge in [0.15, 0.2) is 0 Å². The Morgan fingerprint density at radius 3 is 2.25 bits per heavy atom. The number of amides is 2. The fraction of sp³-hybridized carbons (Fsp3) is 0.289. The number of nitrogens with zero attached hydrogens (tertiary/aromatic N) is 3. The van der Waals surface area contributed by atoms with E-state index in [9.17, 15) is 23.2 Å². The number of hydrogen-bond donors (Lipinski definition) is 4. The zero-order valence-electron chi connectivity index (χ0n) is 28.5. The molecule has 2 atom stereocenters. The third-order valence-electron chi connectivity index (χ3n) is 9.46. The van der Waals surface area contributed by atoms with Crippen molar-refractivity contribution in [3.63, 3.8) is 0 Å². The molecule has 11 nitrogen and oxygen atoms in total. The number of fused-ring (bicyclic) bond motifs is 1. The average molecular weight is 763 g/mol. The van der Waals surface area contributed by atoms with Gasteiger partial charge in [0, 0.05) is 96.9 Å². The summed E-state index contributed by atoms with van der Waals surface area (Å²) in [5.41, 5.74) is 5.45. The molecule has 5 heterocycles. The predicted molar refractivity (Wildman–Crippen MR) is 198 cm³/mol. The molecule has 5 aromatic rings. The van der Waals surface area contributed by atoms with E-state index in [2.05, 4.69) is 26.3 Å². The van der Waals surface area contributed by atoms with Crippen LogP contribution in [0.3, 0.4) is 0 Å². The minimum absolute atomic E-state index is 0.0772. The van der Waals surface area contributed by atoms with Crippen molar-refractivity contribution < 1.29 is 23.1 Å². The number of benzene rings is 2. The molecule has 2 fully saturated rings. The topological polar surface area (TPSA) is 139 Å². The van der Waals surface area contributed by atoms with Crippen LogP contribution in [0.5, 0.6) is 5.88 Å². The Hall–Kier alpha value is -4.95. The molecule has 0 spiro atoms. The number of alkyl halides is 2. The van der Waals surface area contributed by atoms with E-state index >= 15 is 0 Å². The van der Waals surface area contributed by atoms with Gasteiger partial charge in [-0.3, -0.25) is 18.8 Å². The van der Waals surface area contributed by atoms with Crippen LogP contribution in [0.25, 0.3) is 39.2 Å². The number of aromatic nitrogens is 3. The van der Waals surface area contributed by atoms with Gasteiger partial charge in [-0.1, -0.05) is 65.7 Å². The highest BCUT2D eigenvalue weighted by molar-refractivity contribution is 6.39. The van der Waals surface area contributed by atoms with Crippen LogP contribution in [-0.4, -0.2) is 64.4 Å². The highest BCUT2D eigenvalue weighted by atomic mass is 35.5. The van der Waals surface area contributed by atoms with Crippen LogP contribution in [0.1, 0.15) is 30.4 Å². The molecule has 2 saturated heterocycles. The van der Waals surface area contributed by atoms with Gasteiger partial charge in [0.25, 0.3) is 11.5 Å². The average Bonchev–Trinajstić information content (AvgIpc) is 3.68. The third-order valence-corrected chi connectivity index (χ3v) is 10.3. The van der Waals surface area contributed by atoms with E-state index in [1.54, 1.807) is 25.4 Å². The van der Waals surface area contributed by atoms with Gasteiger partial charge in [-0.05, 0) is 30.2 Å². The van der Waals surface area contributed by atoms with E-state index in [1.165, 1.54) is 10.6 Å². The summed E-state index contributed by atoms with van der Waals surface area (Å²) < 4.78 is 34.1. The standard InChI is InChI=1S/C38H35Cl2F2N7O4/c1-53-35-22(16-43-19-24-9-11-32(50)46-24)8-10-30(48-35)29-7-3-6-28(34(29)40)27-5-2-4-26(33(27)39)21-12-13-49-31(14-21)45-18-23(36(49)51)17-44-20-25-15-38(41,42)37(52)47-25/h2-8,10,12-14,18,24-25,43-44H,9,11,15-17,19-20H2,1H3,(H,46,50)(H,47,52)/t24-,25+/m0/s1. The maximum absolute atomic E-state index is 13.5. The molecule has 4 N–H and O–H groups in total. The Morgan fingerprint density at radius 2 is 1.57 bits per heavy atom. The first kappa shape index (κ1) is 36.4. The second kappa shape index (κ2) is 15.2. The first-order valence-corrected chi connectivity index (χ1v) is 17.8. The first-order chi connectivity index (χ1) is 25.5. The van der Waals surface area contributed by atoms with Crippen LogP contribution in [0, 0.1) is 0 Å². The highest BCUT2D eigenvalue weighted by Gasteiger charge is 2.47. The first-order valence-electron chi connectivity index (χ1n) is 17.0. The molecule has 0 saturated carbocycles. The van der Waals surface area contributed by atoms with Crippen molar-refractivity contribution in [3.05, 3.63) is 105 Å². The number of carbonyl (C=O) groups is 2. The summed E-state index contributed by atoms with van der Waals surface area (Å²) in [5.74, 6) is -4.13. The third kappa shape index (κ3) is 7.61. The largest absolute Gasteiger partial charge is 0.481 e. The quantitative estimate of drug-likeness (QED) is 0.133. The van der Waals surface area contributed by atoms with Crippen molar-refractivity contribution in [2.75, 3.05) is 20.2 Å². The number of hydrogen-bond acceptors (Lipinski definition) is 8. The SMILES string of the molecule is COc1nc(-c2cccc(-c3cccc(-c4ccn5c(=O)c(CNC[C@H]6CC(F)(F)C(=O)N6)cnc5c4)c3Cl)c2Cl)ccc1CNC[C@@H]1CCC(=O)N1. The lowest BCUT2D eigenvalue weighted by atomic mass is 9.97. The van der Waals surface area contributed by atoms with E-state index < -0.39 is 24.3 Å². The summed E-state index contributed by atoms with van der Waals surface area (Å²) in [7, 11) is 1.57. The fourth-order valence-corrected chi connectivity index (χ4v) is 7.35. The smallest absolute Gasteiger partial charge is 0.326 e. The predicted octanol–water partition coefficient (Wildman–Crippen LogP) is 5.39. The number of ether oxygens (including phenoxy) is 1. The maximum atomic E-state index is 13.5. The lowest BCUT2D eigenvalue weighted by Crippen LogP contribution is -2.36. The molecule has 0 aliphatic carbocycles. The van der Waals surface area contributed by atoms with E-state index in [0.29, 0.717) is 74.6 Å². The Labute approximate surface area is 313 Å². The summed E-state index contributed by atoms with van der Waals surface area (Å²) in [5, 5.41) is 12.5. The molecule has 53 heavy (non-hydrogen) atoms. The molecule has 2 aliphatic rings. The van der Waals surface area contributed by atoms with E-state index in [0.717, 1.165) is 17.5 Å². The maximum Gasteiger partial charge on any atom is 0.326 e. The van der Waals surface area contributed by atoms with Gasteiger partial charge >= 0.3 is 5.92 Å². The number of pyridine rings is 2. The molecule has 15 heteroatoms. The second-order valence-electron chi connectivity index (χ2n) is 13.1. The van der Waals surface area contributed by atoms with Gasteiger partial charge in [-0.25, -0.2) is 9.97 Å². The molecule has 2 aromatic carbocycles. The second-order valence-corrected chi connectivity index (χ2v) is 13.8. The Bertz CT molecular complexity index is 2290. The highest BCUT2D eigenvalue weighted by Crippen LogP contribution is 2.42.